The fourth-order valence-corrected chi connectivity index (χ4v) is 1.77. The minimum atomic E-state index is -0.616. The van der Waals surface area contributed by atoms with Crippen molar-refractivity contribution in [3.05, 3.63) is 29.3 Å². The average molecular weight is 279 g/mol. The molecule has 1 aromatic carbocycles. The molecular formula is C16H25NO3. The summed E-state index contributed by atoms with van der Waals surface area (Å²) in [6, 6.07) is 5.97. The van der Waals surface area contributed by atoms with Crippen molar-refractivity contribution in [3.8, 4) is 5.75 Å². The third-order valence-electron chi connectivity index (χ3n) is 2.93. The summed E-state index contributed by atoms with van der Waals surface area (Å²) in [6.07, 6.45) is -0.616. The first-order chi connectivity index (χ1) is 9.24. The molecule has 1 N–H and O–H groups in total. The van der Waals surface area contributed by atoms with Crippen LogP contribution in [-0.2, 0) is 16.1 Å². The van der Waals surface area contributed by atoms with Crippen LogP contribution in [0.3, 0.4) is 0 Å². The molecule has 0 aliphatic rings. The van der Waals surface area contributed by atoms with Gasteiger partial charge in [-0.05, 0) is 40.2 Å². The first kappa shape index (κ1) is 16.5. The lowest BCUT2D eigenvalue weighted by molar-refractivity contribution is -0.147. The SMILES string of the molecule is COC(=O)C(C)Oc1c(C)cccc1CNC(C)(C)C. The normalized spacial score (nSPS) is 12.9. The molecule has 4 nitrogen and oxygen atoms in total. The third-order valence-corrected chi connectivity index (χ3v) is 2.93. The number of nitrogens with one attached hydrogen (secondary N) is 1. The van der Waals surface area contributed by atoms with Gasteiger partial charge in [-0.15, -0.1) is 0 Å². The summed E-state index contributed by atoms with van der Waals surface area (Å²) in [6.45, 7) is 10.7. The van der Waals surface area contributed by atoms with Crippen molar-refractivity contribution < 1.29 is 14.3 Å². The van der Waals surface area contributed by atoms with Gasteiger partial charge in [0.25, 0.3) is 0 Å². The predicted octanol–water partition coefficient (Wildman–Crippen LogP) is 2.82. The highest BCUT2D eigenvalue weighted by atomic mass is 16.6. The molecule has 0 aliphatic carbocycles. The first-order valence-electron chi connectivity index (χ1n) is 6.82. The van der Waals surface area contributed by atoms with E-state index < -0.39 is 6.10 Å². The van der Waals surface area contributed by atoms with E-state index in [0.717, 1.165) is 16.9 Å². The molecule has 1 rings (SSSR count). The van der Waals surface area contributed by atoms with Gasteiger partial charge in [0.1, 0.15) is 5.75 Å². The molecule has 0 heterocycles. The second-order valence-corrected chi connectivity index (χ2v) is 5.95. The van der Waals surface area contributed by atoms with Crippen LogP contribution in [0.15, 0.2) is 18.2 Å². The van der Waals surface area contributed by atoms with E-state index in [1.54, 1.807) is 6.92 Å². The van der Waals surface area contributed by atoms with Gasteiger partial charge < -0.3 is 14.8 Å². The Labute approximate surface area is 121 Å². The number of hydrogen-bond acceptors (Lipinski definition) is 4. The standard InChI is InChI=1S/C16H25NO3/c1-11-8-7-9-13(10-17-16(3,4)5)14(11)20-12(2)15(18)19-6/h7-9,12,17H,10H2,1-6H3. The number of ether oxygens (including phenoxy) is 2. The second-order valence-electron chi connectivity index (χ2n) is 5.95. The molecule has 112 valence electrons. The fraction of sp³-hybridized carbons (Fsp3) is 0.562. The molecule has 1 aromatic rings. The van der Waals surface area contributed by atoms with E-state index in [9.17, 15) is 4.79 Å². The number of esters is 1. The molecule has 4 heteroatoms. The van der Waals surface area contributed by atoms with Crippen molar-refractivity contribution in [2.45, 2.75) is 52.8 Å². The van der Waals surface area contributed by atoms with Crippen LogP contribution in [-0.4, -0.2) is 24.7 Å². The van der Waals surface area contributed by atoms with E-state index >= 15 is 0 Å². The fourth-order valence-electron chi connectivity index (χ4n) is 1.77. The van der Waals surface area contributed by atoms with Crippen molar-refractivity contribution >= 4 is 5.97 Å². The lowest BCUT2D eigenvalue weighted by Crippen LogP contribution is -2.35. The van der Waals surface area contributed by atoms with Gasteiger partial charge in [-0.3, -0.25) is 0 Å². The highest BCUT2D eigenvalue weighted by Gasteiger charge is 2.18. The van der Waals surface area contributed by atoms with Gasteiger partial charge >= 0.3 is 5.97 Å². The van der Waals surface area contributed by atoms with Crippen LogP contribution in [0.1, 0.15) is 38.8 Å². The van der Waals surface area contributed by atoms with Crippen molar-refractivity contribution in [1.29, 1.82) is 0 Å². The molecule has 1 atom stereocenters. The molecule has 0 saturated heterocycles. The number of hydrogen-bond donors (Lipinski definition) is 1. The lowest BCUT2D eigenvalue weighted by atomic mass is 10.1. The molecule has 0 saturated carbocycles. The molecule has 0 aliphatic heterocycles. The number of rotatable bonds is 5. The molecule has 0 radical (unpaired) electrons. The van der Waals surface area contributed by atoms with Crippen molar-refractivity contribution in [3.63, 3.8) is 0 Å². The minimum Gasteiger partial charge on any atom is -0.478 e. The number of benzene rings is 1. The van der Waals surface area contributed by atoms with Gasteiger partial charge in [0.05, 0.1) is 7.11 Å². The highest BCUT2D eigenvalue weighted by Crippen LogP contribution is 2.25. The van der Waals surface area contributed by atoms with Crippen LogP contribution in [0, 0.1) is 6.92 Å². The first-order valence-corrected chi connectivity index (χ1v) is 6.82. The van der Waals surface area contributed by atoms with E-state index in [1.807, 2.05) is 25.1 Å². The maximum Gasteiger partial charge on any atom is 0.346 e. The monoisotopic (exact) mass is 279 g/mol. The third kappa shape index (κ3) is 4.85. The van der Waals surface area contributed by atoms with Crippen molar-refractivity contribution in [2.24, 2.45) is 0 Å². The van der Waals surface area contributed by atoms with Gasteiger partial charge in [0.15, 0.2) is 6.10 Å². The molecular weight excluding hydrogens is 254 g/mol. The Morgan fingerprint density at radius 1 is 1.35 bits per heavy atom. The Morgan fingerprint density at radius 2 is 2.00 bits per heavy atom. The van der Waals surface area contributed by atoms with Crippen LogP contribution in [0.5, 0.6) is 5.75 Å². The Hall–Kier alpha value is -1.55. The van der Waals surface area contributed by atoms with Gasteiger partial charge in [0, 0.05) is 17.6 Å². The van der Waals surface area contributed by atoms with Gasteiger partial charge in [-0.25, -0.2) is 4.79 Å². The quantitative estimate of drug-likeness (QED) is 0.842. The highest BCUT2D eigenvalue weighted by molar-refractivity contribution is 5.74. The number of carbonyl (C=O) groups excluding carboxylic acids is 1. The summed E-state index contributed by atoms with van der Waals surface area (Å²) in [5.41, 5.74) is 2.07. The Morgan fingerprint density at radius 3 is 2.55 bits per heavy atom. The second kappa shape index (κ2) is 6.75. The van der Waals surface area contributed by atoms with Gasteiger partial charge in [-0.2, -0.15) is 0 Å². The number of methoxy groups -OCH3 is 1. The van der Waals surface area contributed by atoms with Crippen LogP contribution in [0.4, 0.5) is 0 Å². The summed E-state index contributed by atoms with van der Waals surface area (Å²) in [7, 11) is 1.36. The zero-order chi connectivity index (χ0) is 15.3. The molecule has 0 aromatic heterocycles. The summed E-state index contributed by atoms with van der Waals surface area (Å²) in [4.78, 5) is 11.5. The van der Waals surface area contributed by atoms with E-state index in [2.05, 4.69) is 26.1 Å². The maximum atomic E-state index is 11.5. The molecule has 1 unspecified atom stereocenters. The van der Waals surface area contributed by atoms with Crippen molar-refractivity contribution in [1.82, 2.24) is 5.32 Å². The maximum absolute atomic E-state index is 11.5. The predicted molar refractivity (Wildman–Crippen MR) is 79.9 cm³/mol. The van der Waals surface area contributed by atoms with E-state index in [-0.39, 0.29) is 11.5 Å². The summed E-state index contributed by atoms with van der Waals surface area (Å²) in [5, 5.41) is 3.43. The molecule has 20 heavy (non-hydrogen) atoms. The van der Waals surface area contributed by atoms with E-state index in [0.29, 0.717) is 6.54 Å². The summed E-state index contributed by atoms with van der Waals surface area (Å²) >= 11 is 0. The van der Waals surface area contributed by atoms with E-state index in [1.165, 1.54) is 7.11 Å². The number of para-hydroxylation sites is 1. The minimum absolute atomic E-state index is 0.0228. The molecule has 0 fully saturated rings. The zero-order valence-corrected chi connectivity index (χ0v) is 13.2. The lowest BCUT2D eigenvalue weighted by Gasteiger charge is -2.23. The Bertz CT molecular complexity index is 463. The van der Waals surface area contributed by atoms with Crippen LogP contribution in [0.25, 0.3) is 0 Å². The largest absolute Gasteiger partial charge is 0.478 e. The van der Waals surface area contributed by atoms with Gasteiger partial charge in [0.2, 0.25) is 0 Å². The zero-order valence-electron chi connectivity index (χ0n) is 13.2. The topological polar surface area (TPSA) is 47.6 Å². The van der Waals surface area contributed by atoms with Crippen LogP contribution < -0.4 is 10.1 Å². The number of carbonyl (C=O) groups is 1. The molecule has 0 spiro atoms. The smallest absolute Gasteiger partial charge is 0.346 e. The summed E-state index contributed by atoms with van der Waals surface area (Å²) < 4.78 is 10.5. The van der Waals surface area contributed by atoms with Crippen LogP contribution in [0.2, 0.25) is 0 Å². The molecule has 0 bridgehead atoms. The molecule has 0 amide bonds. The Kier molecular flexibility index (Phi) is 5.57. The van der Waals surface area contributed by atoms with E-state index in [4.69, 9.17) is 9.47 Å². The van der Waals surface area contributed by atoms with Crippen molar-refractivity contribution in [2.75, 3.05) is 7.11 Å². The Balaban J connectivity index is 2.91. The number of aryl methyl sites for hydroxylation is 1. The van der Waals surface area contributed by atoms with Crippen LogP contribution >= 0.6 is 0 Å². The van der Waals surface area contributed by atoms with Gasteiger partial charge in [-0.1, -0.05) is 18.2 Å². The average Bonchev–Trinajstić information content (AvgIpc) is 2.37. The summed E-state index contributed by atoms with van der Waals surface area (Å²) in [5.74, 6) is 0.380.